The summed E-state index contributed by atoms with van der Waals surface area (Å²) in [5.41, 5.74) is 4.37. The normalized spacial score (nSPS) is 14.3. The lowest BCUT2D eigenvalue weighted by atomic mass is 9.95. The van der Waals surface area contributed by atoms with E-state index in [-0.39, 0.29) is 5.56 Å². The van der Waals surface area contributed by atoms with Crippen LogP contribution in [0.15, 0.2) is 29.1 Å². The van der Waals surface area contributed by atoms with Crippen molar-refractivity contribution in [2.75, 3.05) is 0 Å². The molecule has 3 aromatic rings. The lowest BCUT2D eigenvalue weighted by Gasteiger charge is -2.13. The third kappa shape index (κ3) is 1.32. The average molecular weight is 263 g/mol. The molecule has 0 fully saturated rings. The Kier molecular flexibility index (Phi) is 2.25. The van der Waals surface area contributed by atoms with E-state index in [9.17, 15) is 10.1 Å². The SMILES string of the molecule is N#Cc1c2c(n3c1[nH]c(=O)c1ccccc13)CCCC2. The van der Waals surface area contributed by atoms with Crippen LogP contribution in [-0.4, -0.2) is 9.38 Å². The third-order valence-corrected chi connectivity index (χ3v) is 4.20. The highest BCUT2D eigenvalue weighted by Gasteiger charge is 2.23. The second kappa shape index (κ2) is 3.97. The van der Waals surface area contributed by atoms with Gasteiger partial charge in [-0.1, -0.05) is 12.1 Å². The number of benzene rings is 1. The van der Waals surface area contributed by atoms with Gasteiger partial charge in [0.2, 0.25) is 0 Å². The van der Waals surface area contributed by atoms with Crippen LogP contribution in [0.25, 0.3) is 16.6 Å². The highest BCUT2D eigenvalue weighted by atomic mass is 16.1. The Hall–Kier alpha value is -2.54. The van der Waals surface area contributed by atoms with E-state index in [0.717, 1.165) is 36.8 Å². The molecule has 4 heteroatoms. The van der Waals surface area contributed by atoms with E-state index in [4.69, 9.17) is 0 Å². The van der Waals surface area contributed by atoms with E-state index < -0.39 is 0 Å². The summed E-state index contributed by atoms with van der Waals surface area (Å²) in [5.74, 6) is 0. The summed E-state index contributed by atoms with van der Waals surface area (Å²) in [6.45, 7) is 0. The highest BCUT2D eigenvalue weighted by Crippen LogP contribution is 2.30. The molecule has 0 radical (unpaired) electrons. The maximum Gasteiger partial charge on any atom is 0.258 e. The number of aromatic amines is 1. The van der Waals surface area contributed by atoms with Gasteiger partial charge in [-0.05, 0) is 43.4 Å². The molecule has 0 atom stereocenters. The molecule has 0 unspecified atom stereocenters. The average Bonchev–Trinajstić information content (AvgIpc) is 2.81. The molecule has 4 nitrogen and oxygen atoms in total. The van der Waals surface area contributed by atoms with E-state index >= 15 is 0 Å². The maximum absolute atomic E-state index is 12.2. The summed E-state index contributed by atoms with van der Waals surface area (Å²) in [6.07, 6.45) is 4.14. The second-order valence-electron chi connectivity index (χ2n) is 5.27. The molecule has 4 rings (SSSR count). The largest absolute Gasteiger partial charge is 0.306 e. The van der Waals surface area contributed by atoms with Crippen molar-refractivity contribution in [3.05, 3.63) is 51.4 Å². The standard InChI is InChI=1S/C16H13N3O/c17-9-12-10-5-1-3-7-13(10)19-14-8-4-2-6-11(14)16(20)18-15(12)19/h2,4,6,8H,1,3,5,7H2,(H,18,20). The van der Waals surface area contributed by atoms with Crippen LogP contribution in [0.2, 0.25) is 0 Å². The minimum Gasteiger partial charge on any atom is -0.306 e. The van der Waals surface area contributed by atoms with Gasteiger partial charge in [0.25, 0.3) is 5.56 Å². The number of nitrogens with zero attached hydrogens (tertiary/aromatic N) is 2. The number of nitriles is 1. The number of H-pyrrole nitrogens is 1. The number of hydrogen-bond donors (Lipinski definition) is 1. The minimum atomic E-state index is -0.126. The van der Waals surface area contributed by atoms with Gasteiger partial charge in [-0.25, -0.2) is 0 Å². The Morgan fingerprint density at radius 3 is 2.85 bits per heavy atom. The van der Waals surface area contributed by atoms with Crippen molar-refractivity contribution < 1.29 is 0 Å². The first-order valence-corrected chi connectivity index (χ1v) is 6.88. The molecule has 0 bridgehead atoms. The molecule has 0 saturated heterocycles. The van der Waals surface area contributed by atoms with E-state index in [0.29, 0.717) is 16.6 Å². The van der Waals surface area contributed by atoms with Crippen LogP contribution in [0.3, 0.4) is 0 Å². The van der Waals surface area contributed by atoms with Crippen LogP contribution in [0, 0.1) is 11.3 Å². The van der Waals surface area contributed by atoms with Crippen LogP contribution >= 0.6 is 0 Å². The molecule has 0 spiro atoms. The Morgan fingerprint density at radius 2 is 2.00 bits per heavy atom. The number of nitrogens with one attached hydrogen (secondary N) is 1. The summed E-state index contributed by atoms with van der Waals surface area (Å²) < 4.78 is 2.07. The molecular formula is C16H13N3O. The van der Waals surface area contributed by atoms with Crippen LogP contribution in [-0.2, 0) is 12.8 Å². The fraction of sp³-hybridized carbons (Fsp3) is 0.250. The molecule has 20 heavy (non-hydrogen) atoms. The smallest absolute Gasteiger partial charge is 0.258 e. The molecule has 1 aromatic carbocycles. The van der Waals surface area contributed by atoms with Crippen molar-refractivity contribution >= 4 is 16.6 Å². The second-order valence-corrected chi connectivity index (χ2v) is 5.27. The number of para-hydroxylation sites is 1. The van der Waals surface area contributed by atoms with Crippen molar-refractivity contribution in [2.45, 2.75) is 25.7 Å². The molecule has 0 saturated carbocycles. The molecule has 98 valence electrons. The van der Waals surface area contributed by atoms with Gasteiger partial charge in [-0.15, -0.1) is 0 Å². The fourth-order valence-corrected chi connectivity index (χ4v) is 3.34. The van der Waals surface area contributed by atoms with E-state index in [1.165, 1.54) is 5.69 Å². The zero-order chi connectivity index (χ0) is 13.7. The van der Waals surface area contributed by atoms with Crippen molar-refractivity contribution in [3.8, 4) is 6.07 Å². The van der Waals surface area contributed by atoms with Gasteiger partial charge in [0, 0.05) is 5.69 Å². The number of aryl methyl sites for hydroxylation is 1. The summed E-state index contributed by atoms with van der Waals surface area (Å²) in [5, 5.41) is 10.1. The summed E-state index contributed by atoms with van der Waals surface area (Å²) in [7, 11) is 0. The number of fused-ring (bicyclic) bond motifs is 5. The lowest BCUT2D eigenvalue weighted by Crippen LogP contribution is -2.11. The van der Waals surface area contributed by atoms with Gasteiger partial charge in [0.05, 0.1) is 16.5 Å². The zero-order valence-corrected chi connectivity index (χ0v) is 10.9. The van der Waals surface area contributed by atoms with Crippen LogP contribution in [0.5, 0.6) is 0 Å². The van der Waals surface area contributed by atoms with Gasteiger partial charge >= 0.3 is 0 Å². The topological polar surface area (TPSA) is 61.1 Å². The molecule has 1 aliphatic rings. The maximum atomic E-state index is 12.2. The predicted molar refractivity (Wildman–Crippen MR) is 76.9 cm³/mol. The lowest BCUT2D eigenvalue weighted by molar-refractivity contribution is 0.670. The Balaban J connectivity index is 2.32. The first kappa shape index (κ1) is 11.3. The van der Waals surface area contributed by atoms with Gasteiger partial charge < -0.3 is 4.98 Å². The Bertz CT molecular complexity index is 940. The third-order valence-electron chi connectivity index (χ3n) is 4.20. The van der Waals surface area contributed by atoms with E-state index in [2.05, 4.69) is 15.5 Å². The molecule has 1 N–H and O–H groups in total. The van der Waals surface area contributed by atoms with Crippen molar-refractivity contribution in [1.29, 1.82) is 5.26 Å². The molecule has 2 heterocycles. The molecule has 1 aliphatic carbocycles. The molecule has 2 aromatic heterocycles. The highest BCUT2D eigenvalue weighted by molar-refractivity contribution is 5.83. The van der Waals surface area contributed by atoms with Gasteiger partial charge in [-0.2, -0.15) is 5.26 Å². The van der Waals surface area contributed by atoms with Crippen molar-refractivity contribution in [3.63, 3.8) is 0 Å². The fourth-order valence-electron chi connectivity index (χ4n) is 3.34. The number of rotatable bonds is 0. The summed E-state index contributed by atoms with van der Waals surface area (Å²) in [4.78, 5) is 15.1. The van der Waals surface area contributed by atoms with Gasteiger partial charge in [0.1, 0.15) is 11.7 Å². The van der Waals surface area contributed by atoms with Crippen LogP contribution in [0.1, 0.15) is 29.7 Å². The zero-order valence-electron chi connectivity index (χ0n) is 10.9. The van der Waals surface area contributed by atoms with Gasteiger partial charge in [-0.3, -0.25) is 9.20 Å². The monoisotopic (exact) mass is 263 g/mol. The Labute approximate surface area is 115 Å². The van der Waals surface area contributed by atoms with Crippen molar-refractivity contribution in [2.24, 2.45) is 0 Å². The molecule has 0 aliphatic heterocycles. The molecular weight excluding hydrogens is 250 g/mol. The molecule has 0 amide bonds. The van der Waals surface area contributed by atoms with E-state index in [1.807, 2.05) is 24.3 Å². The van der Waals surface area contributed by atoms with Crippen molar-refractivity contribution in [1.82, 2.24) is 9.38 Å². The first-order valence-electron chi connectivity index (χ1n) is 6.88. The summed E-state index contributed by atoms with van der Waals surface area (Å²) in [6, 6.07) is 9.86. The summed E-state index contributed by atoms with van der Waals surface area (Å²) >= 11 is 0. The van der Waals surface area contributed by atoms with Gasteiger partial charge in [0.15, 0.2) is 0 Å². The first-order chi connectivity index (χ1) is 9.81. The number of aromatic nitrogens is 2. The quantitative estimate of drug-likeness (QED) is 0.677. The predicted octanol–water partition coefficient (Wildman–Crippen LogP) is 2.53. The number of hydrogen-bond acceptors (Lipinski definition) is 2. The Morgan fingerprint density at radius 1 is 1.20 bits per heavy atom. The van der Waals surface area contributed by atoms with Crippen LogP contribution in [0.4, 0.5) is 0 Å². The minimum absolute atomic E-state index is 0.126. The van der Waals surface area contributed by atoms with Crippen LogP contribution < -0.4 is 5.56 Å². The van der Waals surface area contributed by atoms with E-state index in [1.54, 1.807) is 0 Å².